The molecule has 5 rings (SSSR count). The second-order valence-electron chi connectivity index (χ2n) is 15.2. The molecule has 4 aliphatic carbocycles. The number of allylic oxidation sites excluding steroid dienone is 1. The van der Waals surface area contributed by atoms with E-state index >= 15 is 0 Å². The molecule has 39 heavy (non-hydrogen) atoms. The smallest absolute Gasteiger partial charge is 0.186 e. The molecule has 0 radical (unpaired) electrons. The summed E-state index contributed by atoms with van der Waals surface area (Å²) in [5, 5.41) is 30.6. The summed E-state index contributed by atoms with van der Waals surface area (Å²) in [5.41, 5.74) is 2.03. The molecular formula is C34H58O5. The van der Waals surface area contributed by atoms with Gasteiger partial charge in [-0.05, 0) is 116 Å². The number of hydrogen-bond donors (Lipinski definition) is 3. The van der Waals surface area contributed by atoms with Crippen LogP contribution in [0, 0.1) is 52.3 Å². The Morgan fingerprint density at radius 1 is 0.974 bits per heavy atom. The summed E-state index contributed by atoms with van der Waals surface area (Å²) in [6, 6.07) is 0. The lowest BCUT2D eigenvalue weighted by Gasteiger charge is -2.59. The number of fused-ring (bicyclic) bond motifs is 5. The average Bonchev–Trinajstić information content (AvgIpc) is 3.26. The van der Waals surface area contributed by atoms with E-state index in [9.17, 15) is 15.3 Å². The van der Waals surface area contributed by atoms with Gasteiger partial charge in [0.25, 0.3) is 0 Å². The Kier molecular flexibility index (Phi) is 8.98. The summed E-state index contributed by atoms with van der Waals surface area (Å²) in [6.07, 6.45) is 12.0. The fraction of sp³-hybridized carbons (Fsp3) is 0.941. The summed E-state index contributed by atoms with van der Waals surface area (Å²) in [7, 11) is 0. The number of aliphatic hydroxyl groups is 3. The van der Waals surface area contributed by atoms with Crippen LogP contribution in [0.15, 0.2) is 11.6 Å². The summed E-state index contributed by atoms with van der Waals surface area (Å²) in [4.78, 5) is 0. The molecule has 5 aliphatic rings. The highest BCUT2D eigenvalue weighted by atomic mass is 16.7. The monoisotopic (exact) mass is 546 g/mol. The SMILES string of the molecule is CC[C@@H](CC[C@H](C)[C@@H]1CC[C@@H]2[C@H]3CC=C4[C@@H](O[C@H]5OC[C@H](O)[C@@H](O)[C@H]5O)CCC[C@]4(C)[C@@H]3CC[C@@]21C)C(C)C. The van der Waals surface area contributed by atoms with Crippen LogP contribution in [-0.2, 0) is 9.47 Å². The van der Waals surface area contributed by atoms with Gasteiger partial charge in [-0.25, -0.2) is 0 Å². The van der Waals surface area contributed by atoms with E-state index in [1.807, 2.05) is 0 Å². The first-order chi connectivity index (χ1) is 18.5. The quantitative estimate of drug-likeness (QED) is 0.303. The summed E-state index contributed by atoms with van der Waals surface area (Å²) >= 11 is 0. The molecule has 5 nitrogen and oxygen atoms in total. The molecule has 1 heterocycles. The van der Waals surface area contributed by atoms with Gasteiger partial charge in [-0.15, -0.1) is 0 Å². The molecule has 3 N–H and O–H groups in total. The maximum Gasteiger partial charge on any atom is 0.186 e. The third kappa shape index (κ3) is 5.31. The van der Waals surface area contributed by atoms with Gasteiger partial charge in [0.1, 0.15) is 18.3 Å². The highest BCUT2D eigenvalue weighted by Gasteiger charge is 2.60. The predicted octanol–water partition coefficient (Wildman–Crippen LogP) is 6.49. The lowest BCUT2D eigenvalue weighted by Crippen LogP contribution is -2.56. The van der Waals surface area contributed by atoms with Gasteiger partial charge < -0.3 is 24.8 Å². The van der Waals surface area contributed by atoms with Gasteiger partial charge in [0.2, 0.25) is 0 Å². The van der Waals surface area contributed by atoms with Crippen molar-refractivity contribution in [3.63, 3.8) is 0 Å². The molecule has 0 unspecified atom stereocenters. The first kappa shape index (κ1) is 30.0. The van der Waals surface area contributed by atoms with E-state index in [-0.39, 0.29) is 18.1 Å². The molecule has 0 aromatic heterocycles. The van der Waals surface area contributed by atoms with E-state index in [2.05, 4.69) is 47.6 Å². The van der Waals surface area contributed by atoms with E-state index in [1.165, 1.54) is 56.9 Å². The van der Waals surface area contributed by atoms with Crippen molar-refractivity contribution < 1.29 is 24.8 Å². The van der Waals surface area contributed by atoms with E-state index in [1.54, 1.807) is 0 Å². The van der Waals surface area contributed by atoms with Crippen LogP contribution in [0.4, 0.5) is 0 Å². The van der Waals surface area contributed by atoms with E-state index in [4.69, 9.17) is 9.47 Å². The minimum Gasteiger partial charge on any atom is -0.388 e. The maximum atomic E-state index is 10.5. The third-order valence-corrected chi connectivity index (χ3v) is 13.0. The molecule has 1 aliphatic heterocycles. The van der Waals surface area contributed by atoms with E-state index < -0.39 is 24.6 Å². The first-order valence-electron chi connectivity index (χ1n) is 16.5. The van der Waals surface area contributed by atoms with Gasteiger partial charge in [0.15, 0.2) is 6.29 Å². The first-order valence-corrected chi connectivity index (χ1v) is 16.5. The van der Waals surface area contributed by atoms with Crippen LogP contribution in [0.25, 0.3) is 0 Å². The van der Waals surface area contributed by atoms with Gasteiger partial charge >= 0.3 is 0 Å². The van der Waals surface area contributed by atoms with Crippen molar-refractivity contribution in [3.8, 4) is 0 Å². The number of aliphatic hydroxyl groups excluding tert-OH is 3. The van der Waals surface area contributed by atoms with Crippen molar-refractivity contribution in [2.75, 3.05) is 6.61 Å². The van der Waals surface area contributed by atoms with Crippen LogP contribution < -0.4 is 0 Å². The fourth-order valence-electron chi connectivity index (χ4n) is 10.6. The zero-order chi connectivity index (χ0) is 28.1. The normalized spacial score (nSPS) is 47.6. The molecular weight excluding hydrogens is 488 g/mol. The van der Waals surface area contributed by atoms with Gasteiger partial charge in [-0.1, -0.05) is 60.5 Å². The molecule has 224 valence electrons. The van der Waals surface area contributed by atoms with Crippen molar-refractivity contribution in [2.24, 2.45) is 52.3 Å². The lowest BCUT2D eigenvalue weighted by atomic mass is 9.46. The molecule has 3 saturated carbocycles. The van der Waals surface area contributed by atoms with Crippen LogP contribution in [0.3, 0.4) is 0 Å². The average molecular weight is 547 g/mol. The zero-order valence-corrected chi connectivity index (χ0v) is 25.6. The van der Waals surface area contributed by atoms with Crippen molar-refractivity contribution in [3.05, 3.63) is 11.6 Å². The van der Waals surface area contributed by atoms with Crippen molar-refractivity contribution in [1.82, 2.24) is 0 Å². The molecule has 5 heteroatoms. The Labute approximate surface area is 238 Å². The van der Waals surface area contributed by atoms with Crippen LogP contribution in [0.5, 0.6) is 0 Å². The molecule has 1 saturated heterocycles. The molecule has 4 fully saturated rings. The Morgan fingerprint density at radius 2 is 1.74 bits per heavy atom. The second kappa shape index (κ2) is 11.7. The molecule has 0 spiro atoms. The Morgan fingerprint density at radius 3 is 2.46 bits per heavy atom. The molecule has 0 bridgehead atoms. The molecule has 0 aromatic carbocycles. The minimum absolute atomic E-state index is 0.00689. The molecule has 0 amide bonds. The van der Waals surface area contributed by atoms with E-state index in [0.717, 1.165) is 54.8 Å². The number of rotatable bonds is 8. The highest BCUT2D eigenvalue weighted by Crippen LogP contribution is 2.67. The van der Waals surface area contributed by atoms with Crippen molar-refractivity contribution >= 4 is 0 Å². The van der Waals surface area contributed by atoms with Gasteiger partial charge in [-0.3, -0.25) is 0 Å². The standard InChI is InChI=1S/C34H58O5/c1-7-22(20(2)3)11-10-21(4)24-14-15-25-23-12-13-27-29(39-32-31(37)30(36)28(35)19-38-32)9-8-17-33(27,5)26(23)16-18-34(24,25)6/h13,20-26,28-32,35-37H,7-12,14-19H2,1-6H3/t21-,22-,23+,24-,25+,26+,28-,29-,30+,31+,32+,33+,34+/m0/s1. The lowest BCUT2D eigenvalue weighted by molar-refractivity contribution is -0.282. The third-order valence-electron chi connectivity index (χ3n) is 13.0. The fourth-order valence-corrected chi connectivity index (χ4v) is 10.6. The minimum atomic E-state index is -1.23. The Hall–Kier alpha value is -0.460. The highest BCUT2D eigenvalue weighted by molar-refractivity contribution is 5.28. The summed E-state index contributed by atoms with van der Waals surface area (Å²) in [6.45, 7) is 14.9. The van der Waals surface area contributed by atoms with Crippen molar-refractivity contribution in [2.45, 2.75) is 143 Å². The molecule has 0 aromatic rings. The van der Waals surface area contributed by atoms with Crippen LogP contribution in [0.1, 0.15) is 112 Å². The Bertz CT molecular complexity index is 872. The van der Waals surface area contributed by atoms with Gasteiger partial charge in [-0.2, -0.15) is 0 Å². The predicted molar refractivity (Wildman–Crippen MR) is 155 cm³/mol. The van der Waals surface area contributed by atoms with E-state index in [0.29, 0.717) is 11.3 Å². The largest absolute Gasteiger partial charge is 0.388 e. The Balaban J connectivity index is 1.29. The van der Waals surface area contributed by atoms with Gasteiger partial charge in [0, 0.05) is 0 Å². The van der Waals surface area contributed by atoms with Gasteiger partial charge in [0.05, 0.1) is 12.7 Å². The van der Waals surface area contributed by atoms with Crippen LogP contribution in [0.2, 0.25) is 0 Å². The second-order valence-corrected chi connectivity index (χ2v) is 15.2. The van der Waals surface area contributed by atoms with Crippen LogP contribution >= 0.6 is 0 Å². The van der Waals surface area contributed by atoms with Crippen LogP contribution in [-0.4, -0.2) is 52.6 Å². The number of ether oxygens (including phenoxy) is 2. The topological polar surface area (TPSA) is 79.2 Å². The summed E-state index contributed by atoms with van der Waals surface area (Å²) < 4.78 is 12.0. The molecule has 13 atom stereocenters. The van der Waals surface area contributed by atoms with Crippen molar-refractivity contribution in [1.29, 1.82) is 0 Å². The maximum absolute atomic E-state index is 10.5. The zero-order valence-electron chi connectivity index (χ0n) is 25.6. The number of hydrogen-bond acceptors (Lipinski definition) is 5. The summed E-state index contributed by atoms with van der Waals surface area (Å²) in [5.74, 6) is 5.63.